The first-order valence-electron chi connectivity index (χ1n) is 13.2. The van der Waals surface area contributed by atoms with Crippen LogP contribution < -0.4 is 10.3 Å². The number of hydrogen-bond acceptors (Lipinski definition) is 6. The minimum absolute atomic E-state index is 0.0667. The van der Waals surface area contributed by atoms with Crippen molar-refractivity contribution in [1.29, 1.82) is 0 Å². The van der Waals surface area contributed by atoms with Crippen LogP contribution in [0.25, 0.3) is 17.1 Å². The summed E-state index contributed by atoms with van der Waals surface area (Å²) < 4.78 is 1.99. The molecule has 0 saturated heterocycles. The van der Waals surface area contributed by atoms with Gasteiger partial charge in [0, 0.05) is 30.0 Å². The smallest absolute Gasteiger partial charge is 0.250 e. The highest BCUT2D eigenvalue weighted by molar-refractivity contribution is 7.99. The summed E-state index contributed by atoms with van der Waals surface area (Å²) in [6, 6.07) is 26.5. The molecule has 4 aromatic rings. The Morgan fingerprint density at radius 1 is 0.949 bits per heavy atom. The molecule has 3 aromatic carbocycles. The molecule has 202 valence electrons. The average molecular weight is 541 g/mol. The maximum Gasteiger partial charge on any atom is 0.250 e. The largest absolute Gasteiger partial charge is 0.372 e. The highest BCUT2D eigenvalue weighted by atomic mass is 32.2. The number of thioether (sulfide) groups is 1. The summed E-state index contributed by atoms with van der Waals surface area (Å²) >= 11 is 1.33. The number of nitrogens with one attached hydrogen (secondary N) is 1. The molecule has 0 aliphatic heterocycles. The molecule has 0 aliphatic rings. The second-order valence-electron chi connectivity index (χ2n) is 10.2. The lowest BCUT2D eigenvalue weighted by molar-refractivity contribution is -0.118. The third-order valence-electron chi connectivity index (χ3n) is 6.41. The lowest BCUT2D eigenvalue weighted by Gasteiger charge is -2.20. The summed E-state index contributed by atoms with van der Waals surface area (Å²) in [5.41, 5.74) is 7.93. The molecule has 1 aromatic heterocycles. The highest BCUT2D eigenvalue weighted by Crippen LogP contribution is 2.30. The van der Waals surface area contributed by atoms with E-state index in [1.165, 1.54) is 23.0 Å². The Kier molecular flexibility index (Phi) is 9.19. The van der Waals surface area contributed by atoms with Gasteiger partial charge < -0.3 is 4.90 Å². The van der Waals surface area contributed by atoms with Crippen LogP contribution >= 0.6 is 11.8 Å². The fourth-order valence-corrected chi connectivity index (χ4v) is 4.92. The summed E-state index contributed by atoms with van der Waals surface area (Å²) in [6.07, 6.45) is 1.65. The van der Waals surface area contributed by atoms with Gasteiger partial charge in [0.2, 0.25) is 0 Å². The fourth-order valence-electron chi connectivity index (χ4n) is 4.18. The van der Waals surface area contributed by atoms with Gasteiger partial charge in [-0.2, -0.15) is 5.10 Å². The second kappa shape index (κ2) is 12.8. The van der Waals surface area contributed by atoms with Crippen LogP contribution in [-0.2, 0) is 10.2 Å². The van der Waals surface area contributed by atoms with Gasteiger partial charge in [-0.15, -0.1) is 10.2 Å². The van der Waals surface area contributed by atoms with E-state index in [1.807, 2.05) is 47.0 Å². The van der Waals surface area contributed by atoms with Crippen LogP contribution in [0.2, 0.25) is 0 Å². The van der Waals surface area contributed by atoms with Crippen molar-refractivity contribution < 1.29 is 4.79 Å². The predicted octanol–water partition coefficient (Wildman–Crippen LogP) is 6.32. The molecule has 0 atom stereocenters. The molecule has 1 amide bonds. The molecule has 0 fully saturated rings. The van der Waals surface area contributed by atoms with Crippen molar-refractivity contribution in [2.24, 2.45) is 5.10 Å². The van der Waals surface area contributed by atoms with Gasteiger partial charge in [0.1, 0.15) is 0 Å². The van der Waals surface area contributed by atoms with E-state index < -0.39 is 0 Å². The summed E-state index contributed by atoms with van der Waals surface area (Å²) in [5, 5.41) is 13.7. The SMILES string of the molecule is CCN(CC)c1ccc(/C=N/NC(=O)CSc2nnc(-c3ccc(C(C)(C)C)cc3)n2-c2ccccc2)cc1. The Balaban J connectivity index is 1.45. The first kappa shape index (κ1) is 28.1. The number of carbonyl (C=O) groups is 1. The molecule has 0 spiro atoms. The normalized spacial score (nSPS) is 11.6. The summed E-state index contributed by atoms with van der Waals surface area (Å²) in [7, 11) is 0. The number of hydrazone groups is 1. The van der Waals surface area contributed by atoms with E-state index in [2.05, 4.69) is 96.6 Å². The number of benzene rings is 3. The Hall–Kier alpha value is -3.91. The zero-order chi connectivity index (χ0) is 27.8. The van der Waals surface area contributed by atoms with E-state index in [1.54, 1.807) is 6.21 Å². The van der Waals surface area contributed by atoms with Crippen molar-refractivity contribution >= 4 is 29.6 Å². The second-order valence-corrected chi connectivity index (χ2v) is 11.1. The molecular formula is C31H36N6OS. The quantitative estimate of drug-likeness (QED) is 0.145. The molecule has 0 aliphatic carbocycles. The van der Waals surface area contributed by atoms with Gasteiger partial charge in [0.15, 0.2) is 11.0 Å². The van der Waals surface area contributed by atoms with Gasteiger partial charge in [0.25, 0.3) is 5.91 Å². The number of carbonyl (C=O) groups excluding carboxylic acids is 1. The highest BCUT2D eigenvalue weighted by Gasteiger charge is 2.19. The van der Waals surface area contributed by atoms with Crippen molar-refractivity contribution in [3.63, 3.8) is 0 Å². The van der Waals surface area contributed by atoms with Crippen molar-refractivity contribution in [3.8, 4) is 17.1 Å². The van der Waals surface area contributed by atoms with E-state index in [4.69, 9.17) is 0 Å². The molecular weight excluding hydrogens is 504 g/mol. The lowest BCUT2D eigenvalue weighted by atomic mass is 9.87. The average Bonchev–Trinajstić information content (AvgIpc) is 3.37. The first-order chi connectivity index (χ1) is 18.8. The monoisotopic (exact) mass is 540 g/mol. The van der Waals surface area contributed by atoms with E-state index >= 15 is 0 Å². The van der Waals surface area contributed by atoms with Gasteiger partial charge in [-0.25, -0.2) is 5.43 Å². The van der Waals surface area contributed by atoms with E-state index in [0.29, 0.717) is 5.16 Å². The van der Waals surface area contributed by atoms with E-state index in [9.17, 15) is 4.79 Å². The van der Waals surface area contributed by atoms with Crippen LogP contribution in [0.4, 0.5) is 5.69 Å². The molecule has 0 radical (unpaired) electrons. The van der Waals surface area contributed by atoms with Gasteiger partial charge in [-0.3, -0.25) is 9.36 Å². The topological polar surface area (TPSA) is 75.4 Å². The van der Waals surface area contributed by atoms with E-state index in [0.717, 1.165) is 35.7 Å². The first-order valence-corrected chi connectivity index (χ1v) is 14.2. The Morgan fingerprint density at radius 2 is 1.62 bits per heavy atom. The van der Waals surface area contributed by atoms with Crippen LogP contribution in [0, 0.1) is 0 Å². The van der Waals surface area contributed by atoms with Gasteiger partial charge in [-0.05, 0) is 54.7 Å². The number of anilines is 1. The Labute approximate surface area is 235 Å². The third-order valence-corrected chi connectivity index (χ3v) is 7.34. The maximum absolute atomic E-state index is 12.6. The van der Waals surface area contributed by atoms with Crippen molar-refractivity contribution in [2.75, 3.05) is 23.7 Å². The molecule has 1 heterocycles. The summed E-state index contributed by atoms with van der Waals surface area (Å²) in [5.74, 6) is 0.678. The standard InChI is InChI=1S/C31H36N6OS/c1-6-36(7-2)26-19-13-23(14-20-26)21-32-33-28(38)22-39-30-35-34-29(37(30)27-11-9-8-10-12-27)24-15-17-25(18-16-24)31(3,4)5/h8-21H,6-7,22H2,1-5H3,(H,33,38)/b32-21+. The molecule has 7 nitrogen and oxygen atoms in total. The van der Waals surface area contributed by atoms with Crippen LogP contribution in [0.5, 0.6) is 0 Å². The minimum Gasteiger partial charge on any atom is -0.372 e. The lowest BCUT2D eigenvalue weighted by Crippen LogP contribution is -2.21. The Bertz CT molecular complexity index is 1390. The zero-order valence-corrected chi connectivity index (χ0v) is 24.1. The van der Waals surface area contributed by atoms with Crippen LogP contribution in [0.3, 0.4) is 0 Å². The van der Waals surface area contributed by atoms with Gasteiger partial charge in [0.05, 0.1) is 12.0 Å². The van der Waals surface area contributed by atoms with Crippen molar-refractivity contribution in [3.05, 3.63) is 90.0 Å². The van der Waals surface area contributed by atoms with E-state index in [-0.39, 0.29) is 17.1 Å². The van der Waals surface area contributed by atoms with Crippen LogP contribution in [-0.4, -0.2) is 45.7 Å². The minimum atomic E-state index is -0.213. The molecule has 39 heavy (non-hydrogen) atoms. The molecule has 4 rings (SSSR count). The van der Waals surface area contributed by atoms with Crippen molar-refractivity contribution in [2.45, 2.75) is 45.2 Å². The molecule has 1 N–H and O–H groups in total. The molecule has 8 heteroatoms. The molecule has 0 saturated carbocycles. The number of para-hydroxylation sites is 1. The fraction of sp³-hybridized carbons (Fsp3) is 0.290. The number of hydrogen-bond donors (Lipinski definition) is 1. The predicted molar refractivity (Wildman–Crippen MR) is 162 cm³/mol. The molecule has 0 unspecified atom stereocenters. The number of rotatable bonds is 10. The summed E-state index contributed by atoms with van der Waals surface area (Å²) in [4.78, 5) is 14.9. The zero-order valence-electron chi connectivity index (χ0n) is 23.3. The number of aromatic nitrogens is 3. The Morgan fingerprint density at radius 3 is 2.23 bits per heavy atom. The molecule has 0 bridgehead atoms. The van der Waals surface area contributed by atoms with Crippen LogP contribution in [0.1, 0.15) is 45.7 Å². The number of amides is 1. The number of nitrogens with zero attached hydrogens (tertiary/aromatic N) is 5. The van der Waals surface area contributed by atoms with Gasteiger partial charge >= 0.3 is 0 Å². The summed E-state index contributed by atoms with van der Waals surface area (Å²) in [6.45, 7) is 12.8. The van der Waals surface area contributed by atoms with Gasteiger partial charge in [-0.1, -0.05) is 87.1 Å². The third kappa shape index (κ3) is 7.15. The maximum atomic E-state index is 12.6. The van der Waals surface area contributed by atoms with Crippen molar-refractivity contribution in [1.82, 2.24) is 20.2 Å². The van der Waals surface area contributed by atoms with Crippen LogP contribution in [0.15, 0.2) is 89.1 Å².